The van der Waals surface area contributed by atoms with Gasteiger partial charge in [-0.05, 0) is 25.0 Å². The molecule has 0 fully saturated rings. The molecule has 0 aliphatic rings. The van der Waals surface area contributed by atoms with Crippen LogP contribution in [0.25, 0.3) is 11.0 Å². The van der Waals surface area contributed by atoms with Crippen molar-refractivity contribution in [1.29, 1.82) is 0 Å². The van der Waals surface area contributed by atoms with Gasteiger partial charge < -0.3 is 10.3 Å². The van der Waals surface area contributed by atoms with Gasteiger partial charge in [-0.25, -0.2) is 4.98 Å². The highest BCUT2D eigenvalue weighted by Crippen LogP contribution is 2.33. The molecule has 1 heterocycles. The van der Waals surface area contributed by atoms with E-state index in [0.717, 1.165) is 34.7 Å². The molecule has 0 radical (unpaired) electrons. The van der Waals surface area contributed by atoms with Gasteiger partial charge in [-0.3, -0.25) is 0 Å². The van der Waals surface area contributed by atoms with Crippen molar-refractivity contribution < 1.29 is 0 Å². The molecule has 2 N–H and O–H groups in total. The number of imidazole rings is 1. The average Bonchev–Trinajstić information content (AvgIpc) is 2.72. The predicted molar refractivity (Wildman–Crippen MR) is 77.0 cm³/mol. The second kappa shape index (κ2) is 4.90. The summed E-state index contributed by atoms with van der Waals surface area (Å²) in [6, 6.07) is 5.83. The molecule has 0 atom stereocenters. The van der Waals surface area contributed by atoms with E-state index < -0.39 is 0 Å². The number of nitrogens with zero attached hydrogens (tertiary/aromatic N) is 2. The van der Waals surface area contributed by atoms with Crippen LogP contribution in [0.3, 0.4) is 0 Å². The Hall–Kier alpha value is -1.06. The van der Waals surface area contributed by atoms with Gasteiger partial charge in [0.05, 0.1) is 16.1 Å². The van der Waals surface area contributed by atoms with E-state index in [2.05, 4.69) is 18.4 Å². The lowest BCUT2D eigenvalue weighted by molar-refractivity contribution is 0.374. The molecule has 0 bridgehead atoms. The molecule has 0 aliphatic carbocycles. The highest BCUT2D eigenvalue weighted by molar-refractivity contribution is 6.35. The molecule has 0 amide bonds. The third-order valence-electron chi connectivity index (χ3n) is 4.06. The first-order chi connectivity index (χ1) is 8.59. The van der Waals surface area contributed by atoms with Crippen molar-refractivity contribution in [1.82, 2.24) is 9.55 Å². The molecular weight excluding hydrogens is 246 g/mol. The Morgan fingerprint density at radius 3 is 2.50 bits per heavy atom. The highest BCUT2D eigenvalue weighted by Gasteiger charge is 2.32. The lowest BCUT2D eigenvalue weighted by Crippen LogP contribution is -2.36. The van der Waals surface area contributed by atoms with Gasteiger partial charge in [0.25, 0.3) is 0 Å². The summed E-state index contributed by atoms with van der Waals surface area (Å²) in [5.74, 6) is 1.04. The third kappa shape index (κ3) is 1.82. The van der Waals surface area contributed by atoms with Crippen LogP contribution in [0.4, 0.5) is 0 Å². The Bertz CT molecular complexity index is 547. The smallest absolute Gasteiger partial charge is 0.117 e. The zero-order valence-corrected chi connectivity index (χ0v) is 12.0. The molecule has 4 heteroatoms. The molecule has 1 aromatic heterocycles. The number of hydrogen-bond donors (Lipinski definition) is 1. The Balaban J connectivity index is 2.72. The van der Waals surface area contributed by atoms with E-state index in [1.807, 2.05) is 25.2 Å². The second-order valence-corrected chi connectivity index (χ2v) is 5.20. The fourth-order valence-electron chi connectivity index (χ4n) is 2.64. The number of halogens is 1. The van der Waals surface area contributed by atoms with Crippen LogP contribution in [0, 0.1) is 0 Å². The Morgan fingerprint density at radius 2 is 2.00 bits per heavy atom. The maximum absolute atomic E-state index is 6.26. The summed E-state index contributed by atoms with van der Waals surface area (Å²) < 4.78 is 2.09. The Kier molecular flexibility index (Phi) is 3.64. The molecule has 0 unspecified atom stereocenters. The first kappa shape index (κ1) is 13.4. The number of nitrogens with two attached hydrogens (primary N) is 1. The van der Waals surface area contributed by atoms with E-state index in [-0.39, 0.29) is 5.41 Å². The molecule has 2 aromatic rings. The number of rotatable bonds is 4. The van der Waals surface area contributed by atoms with Crippen molar-refractivity contribution in [2.45, 2.75) is 32.1 Å². The summed E-state index contributed by atoms with van der Waals surface area (Å²) in [6.07, 6.45) is 1.96. The van der Waals surface area contributed by atoms with E-state index in [0.29, 0.717) is 6.54 Å². The first-order valence-electron chi connectivity index (χ1n) is 6.41. The number of fused-ring (bicyclic) bond motifs is 1. The summed E-state index contributed by atoms with van der Waals surface area (Å²) in [6.45, 7) is 4.93. The van der Waals surface area contributed by atoms with Gasteiger partial charge in [-0.2, -0.15) is 0 Å². The Labute approximate surface area is 113 Å². The largest absolute Gasteiger partial charge is 0.329 e. The molecule has 98 valence electrons. The standard InChI is InChI=1S/C14H20ClN3/c1-4-14(5-2,9-16)13-17-11-8-6-7-10(15)12(11)18(13)3/h6-8H,4-5,9,16H2,1-3H3. The fourth-order valence-corrected chi connectivity index (χ4v) is 2.94. The van der Waals surface area contributed by atoms with Crippen LogP contribution < -0.4 is 5.73 Å². The van der Waals surface area contributed by atoms with Gasteiger partial charge in [0.2, 0.25) is 0 Å². The van der Waals surface area contributed by atoms with Crippen LogP contribution in [-0.4, -0.2) is 16.1 Å². The number of benzene rings is 1. The van der Waals surface area contributed by atoms with Crippen LogP contribution in [0.1, 0.15) is 32.5 Å². The van der Waals surface area contributed by atoms with Gasteiger partial charge in [-0.15, -0.1) is 0 Å². The van der Waals surface area contributed by atoms with Crippen molar-refractivity contribution in [3.63, 3.8) is 0 Å². The Morgan fingerprint density at radius 1 is 1.33 bits per heavy atom. The molecule has 0 aliphatic heterocycles. The summed E-state index contributed by atoms with van der Waals surface area (Å²) in [5, 5.41) is 0.742. The minimum Gasteiger partial charge on any atom is -0.329 e. The molecule has 1 aromatic carbocycles. The number of aryl methyl sites for hydroxylation is 1. The summed E-state index contributed by atoms with van der Waals surface area (Å²) >= 11 is 6.26. The lowest BCUT2D eigenvalue weighted by Gasteiger charge is -2.29. The molecule has 2 rings (SSSR count). The summed E-state index contributed by atoms with van der Waals surface area (Å²) in [4.78, 5) is 4.76. The van der Waals surface area contributed by atoms with Crippen molar-refractivity contribution in [3.8, 4) is 0 Å². The normalized spacial score (nSPS) is 12.3. The SMILES string of the molecule is CCC(CC)(CN)c1nc2cccc(Cl)c2n1C. The van der Waals surface area contributed by atoms with E-state index in [9.17, 15) is 0 Å². The van der Waals surface area contributed by atoms with Gasteiger partial charge in [-0.1, -0.05) is 31.5 Å². The fraction of sp³-hybridized carbons (Fsp3) is 0.500. The van der Waals surface area contributed by atoms with E-state index >= 15 is 0 Å². The topological polar surface area (TPSA) is 43.8 Å². The lowest BCUT2D eigenvalue weighted by atomic mass is 9.81. The third-order valence-corrected chi connectivity index (χ3v) is 4.37. The monoisotopic (exact) mass is 265 g/mol. The van der Waals surface area contributed by atoms with Crippen molar-refractivity contribution in [3.05, 3.63) is 29.0 Å². The molecule has 0 saturated carbocycles. The molecule has 0 spiro atoms. The van der Waals surface area contributed by atoms with Crippen LogP contribution in [0.2, 0.25) is 5.02 Å². The minimum absolute atomic E-state index is 0.0584. The van der Waals surface area contributed by atoms with Crippen LogP contribution in [-0.2, 0) is 12.5 Å². The van der Waals surface area contributed by atoms with Crippen molar-refractivity contribution >= 4 is 22.6 Å². The molecule has 3 nitrogen and oxygen atoms in total. The van der Waals surface area contributed by atoms with E-state index in [1.165, 1.54) is 0 Å². The number of aromatic nitrogens is 2. The zero-order chi connectivity index (χ0) is 13.3. The minimum atomic E-state index is -0.0584. The van der Waals surface area contributed by atoms with Crippen LogP contribution in [0.5, 0.6) is 0 Å². The van der Waals surface area contributed by atoms with Crippen molar-refractivity contribution in [2.24, 2.45) is 12.8 Å². The number of para-hydroxylation sites is 1. The predicted octanol–water partition coefficient (Wildman–Crippen LogP) is 3.24. The first-order valence-corrected chi connectivity index (χ1v) is 6.79. The summed E-state index contributed by atoms with van der Waals surface area (Å²) in [7, 11) is 2.02. The maximum atomic E-state index is 6.26. The molecule has 0 saturated heterocycles. The zero-order valence-electron chi connectivity index (χ0n) is 11.2. The van der Waals surface area contributed by atoms with E-state index in [1.54, 1.807) is 0 Å². The second-order valence-electron chi connectivity index (χ2n) is 4.79. The molecule has 18 heavy (non-hydrogen) atoms. The van der Waals surface area contributed by atoms with Crippen LogP contribution in [0.15, 0.2) is 18.2 Å². The van der Waals surface area contributed by atoms with Gasteiger partial charge in [0, 0.05) is 19.0 Å². The maximum Gasteiger partial charge on any atom is 0.117 e. The summed E-state index contributed by atoms with van der Waals surface area (Å²) in [5.41, 5.74) is 7.88. The van der Waals surface area contributed by atoms with Crippen molar-refractivity contribution in [2.75, 3.05) is 6.54 Å². The van der Waals surface area contributed by atoms with Gasteiger partial charge >= 0.3 is 0 Å². The van der Waals surface area contributed by atoms with Crippen LogP contribution >= 0.6 is 11.6 Å². The van der Waals surface area contributed by atoms with Gasteiger partial charge in [0.1, 0.15) is 5.82 Å². The quantitative estimate of drug-likeness (QED) is 0.922. The highest BCUT2D eigenvalue weighted by atomic mass is 35.5. The average molecular weight is 266 g/mol. The molecular formula is C14H20ClN3. The van der Waals surface area contributed by atoms with E-state index in [4.69, 9.17) is 22.3 Å². The number of hydrogen-bond acceptors (Lipinski definition) is 2. The van der Waals surface area contributed by atoms with Gasteiger partial charge in [0.15, 0.2) is 0 Å².